The number of rotatable bonds is 6. The minimum Gasteiger partial charge on any atom is -0.312 e. The lowest BCUT2D eigenvalue weighted by Gasteiger charge is -2.26. The van der Waals surface area contributed by atoms with Gasteiger partial charge in [-0.05, 0) is 33.0 Å². The molecule has 5 heteroatoms. The minimum atomic E-state index is -4.06. The van der Waals surface area contributed by atoms with Gasteiger partial charge in [0.2, 0.25) is 0 Å². The minimum absolute atomic E-state index is 0.219. The van der Waals surface area contributed by atoms with Gasteiger partial charge in [0.15, 0.2) is 0 Å². The van der Waals surface area contributed by atoms with Crippen molar-refractivity contribution in [3.63, 3.8) is 0 Å². The van der Waals surface area contributed by atoms with Crippen molar-refractivity contribution in [2.24, 2.45) is 5.92 Å². The first kappa shape index (κ1) is 23.0. The molecule has 0 aromatic rings. The quantitative estimate of drug-likeness (QED) is 0.715. The SMILES string of the molecule is CC.CC.CCCCCN(C)CC1NCCC1C(F)(F)F. The van der Waals surface area contributed by atoms with Gasteiger partial charge in [-0.25, -0.2) is 0 Å². The van der Waals surface area contributed by atoms with E-state index in [0.29, 0.717) is 13.1 Å². The summed E-state index contributed by atoms with van der Waals surface area (Å²) in [7, 11) is 1.91. The van der Waals surface area contributed by atoms with Crippen molar-refractivity contribution < 1.29 is 13.2 Å². The molecule has 1 heterocycles. The summed E-state index contributed by atoms with van der Waals surface area (Å²) in [6.07, 6.45) is -0.488. The van der Waals surface area contributed by atoms with E-state index in [4.69, 9.17) is 0 Å². The van der Waals surface area contributed by atoms with Crippen LogP contribution in [0, 0.1) is 5.92 Å². The molecule has 0 radical (unpaired) electrons. The Kier molecular flexibility index (Phi) is 14.6. The molecule has 0 aliphatic carbocycles. The molecule has 21 heavy (non-hydrogen) atoms. The lowest BCUT2D eigenvalue weighted by molar-refractivity contribution is -0.177. The van der Waals surface area contributed by atoms with Gasteiger partial charge >= 0.3 is 6.18 Å². The molecule has 0 spiro atoms. The molecule has 1 saturated heterocycles. The zero-order valence-electron chi connectivity index (χ0n) is 14.7. The number of hydrogen-bond acceptors (Lipinski definition) is 2. The molecular formula is C16H35F3N2. The third-order valence-corrected chi connectivity index (χ3v) is 3.42. The predicted octanol–water partition coefficient (Wildman–Crippen LogP) is 4.70. The number of nitrogens with zero attached hydrogens (tertiary/aromatic N) is 1. The second kappa shape index (κ2) is 13.4. The summed E-state index contributed by atoms with van der Waals surface area (Å²) in [5.74, 6) is -1.17. The van der Waals surface area contributed by atoms with E-state index in [0.717, 1.165) is 25.8 Å². The van der Waals surface area contributed by atoms with Crippen LogP contribution in [0.3, 0.4) is 0 Å². The van der Waals surface area contributed by atoms with Gasteiger partial charge in [-0.15, -0.1) is 0 Å². The Morgan fingerprint density at radius 3 is 2.14 bits per heavy atom. The molecule has 1 rings (SSSR count). The van der Waals surface area contributed by atoms with Crippen LogP contribution < -0.4 is 5.32 Å². The molecule has 2 atom stereocenters. The van der Waals surface area contributed by atoms with E-state index in [9.17, 15) is 13.2 Å². The highest BCUT2D eigenvalue weighted by molar-refractivity contribution is 4.89. The first-order valence-corrected chi connectivity index (χ1v) is 8.43. The number of nitrogens with one attached hydrogen (secondary N) is 1. The van der Waals surface area contributed by atoms with E-state index < -0.39 is 18.1 Å². The lowest BCUT2D eigenvalue weighted by atomic mass is 10.00. The predicted molar refractivity (Wildman–Crippen MR) is 85.7 cm³/mol. The maximum Gasteiger partial charge on any atom is 0.393 e. The number of halogens is 3. The fraction of sp³-hybridized carbons (Fsp3) is 1.00. The van der Waals surface area contributed by atoms with Crippen LogP contribution in [0.15, 0.2) is 0 Å². The van der Waals surface area contributed by atoms with E-state index in [2.05, 4.69) is 12.2 Å². The molecule has 1 N–H and O–H groups in total. The summed E-state index contributed by atoms with van der Waals surface area (Å²) in [5.41, 5.74) is 0. The second-order valence-electron chi connectivity index (χ2n) is 4.97. The van der Waals surface area contributed by atoms with E-state index in [1.54, 1.807) is 0 Å². The van der Waals surface area contributed by atoms with E-state index in [-0.39, 0.29) is 6.42 Å². The first-order chi connectivity index (χ1) is 9.95. The van der Waals surface area contributed by atoms with Crippen LogP contribution in [0.25, 0.3) is 0 Å². The Morgan fingerprint density at radius 2 is 1.67 bits per heavy atom. The largest absolute Gasteiger partial charge is 0.393 e. The Balaban J connectivity index is 0. The number of unbranched alkanes of at least 4 members (excludes halogenated alkanes) is 2. The van der Waals surface area contributed by atoms with Crippen molar-refractivity contribution in [3.8, 4) is 0 Å². The summed E-state index contributed by atoms with van der Waals surface area (Å²) in [5, 5.41) is 2.97. The maximum absolute atomic E-state index is 12.7. The molecule has 0 aromatic heterocycles. The van der Waals surface area contributed by atoms with Gasteiger partial charge in [0, 0.05) is 12.6 Å². The number of hydrogen-bond donors (Lipinski definition) is 1. The van der Waals surface area contributed by atoms with Crippen LogP contribution in [-0.2, 0) is 0 Å². The van der Waals surface area contributed by atoms with E-state index in [1.165, 1.54) is 0 Å². The highest BCUT2D eigenvalue weighted by Crippen LogP contribution is 2.34. The molecule has 0 amide bonds. The smallest absolute Gasteiger partial charge is 0.312 e. The van der Waals surface area contributed by atoms with Crippen LogP contribution >= 0.6 is 0 Å². The van der Waals surface area contributed by atoms with Crippen LogP contribution in [-0.4, -0.2) is 43.8 Å². The van der Waals surface area contributed by atoms with Crippen molar-refractivity contribution in [3.05, 3.63) is 0 Å². The summed E-state index contributed by atoms with van der Waals surface area (Å²) >= 11 is 0. The Morgan fingerprint density at radius 1 is 1.10 bits per heavy atom. The van der Waals surface area contributed by atoms with Gasteiger partial charge in [0.1, 0.15) is 0 Å². The molecule has 0 saturated carbocycles. The Labute approximate surface area is 129 Å². The molecule has 130 valence electrons. The normalized spacial score (nSPS) is 21.4. The fourth-order valence-corrected chi connectivity index (χ4v) is 2.41. The van der Waals surface area contributed by atoms with Crippen molar-refractivity contribution in [1.82, 2.24) is 10.2 Å². The molecule has 1 fully saturated rings. The molecule has 0 bridgehead atoms. The average Bonchev–Trinajstić information content (AvgIpc) is 2.92. The monoisotopic (exact) mass is 312 g/mol. The molecule has 1 aliphatic heterocycles. The van der Waals surface area contributed by atoms with Crippen molar-refractivity contribution >= 4 is 0 Å². The van der Waals surface area contributed by atoms with Crippen LogP contribution in [0.5, 0.6) is 0 Å². The van der Waals surface area contributed by atoms with Gasteiger partial charge in [0.25, 0.3) is 0 Å². The second-order valence-corrected chi connectivity index (χ2v) is 4.97. The summed E-state index contributed by atoms with van der Waals surface area (Å²) in [6, 6.07) is -0.429. The van der Waals surface area contributed by atoms with Gasteiger partial charge in [-0.3, -0.25) is 0 Å². The maximum atomic E-state index is 12.7. The Bertz CT molecular complexity index is 220. The highest BCUT2D eigenvalue weighted by Gasteiger charge is 2.46. The topological polar surface area (TPSA) is 15.3 Å². The van der Waals surface area contributed by atoms with E-state index >= 15 is 0 Å². The van der Waals surface area contributed by atoms with Crippen molar-refractivity contribution in [2.45, 2.75) is 72.5 Å². The molecule has 1 aliphatic rings. The summed E-state index contributed by atoms with van der Waals surface area (Å²) < 4.78 is 38.1. The van der Waals surface area contributed by atoms with Crippen LogP contribution in [0.1, 0.15) is 60.3 Å². The van der Waals surface area contributed by atoms with Gasteiger partial charge in [-0.2, -0.15) is 13.2 Å². The zero-order valence-corrected chi connectivity index (χ0v) is 14.7. The first-order valence-electron chi connectivity index (χ1n) is 8.43. The molecular weight excluding hydrogens is 277 g/mol. The van der Waals surface area contributed by atoms with Crippen LogP contribution in [0.4, 0.5) is 13.2 Å². The van der Waals surface area contributed by atoms with E-state index in [1.807, 2.05) is 39.6 Å². The lowest BCUT2D eigenvalue weighted by Crippen LogP contribution is -2.43. The van der Waals surface area contributed by atoms with Crippen molar-refractivity contribution in [2.75, 3.05) is 26.7 Å². The summed E-state index contributed by atoms with van der Waals surface area (Å²) in [6.45, 7) is 12.0. The number of alkyl halides is 3. The van der Waals surface area contributed by atoms with Crippen LogP contribution in [0.2, 0.25) is 0 Å². The molecule has 2 nitrogen and oxygen atoms in total. The zero-order chi connectivity index (χ0) is 16.9. The molecule has 2 unspecified atom stereocenters. The van der Waals surface area contributed by atoms with Gasteiger partial charge in [-0.1, -0.05) is 47.5 Å². The third-order valence-electron chi connectivity index (χ3n) is 3.42. The Hall–Kier alpha value is -0.290. The van der Waals surface area contributed by atoms with Gasteiger partial charge in [0.05, 0.1) is 5.92 Å². The average molecular weight is 312 g/mol. The fourth-order valence-electron chi connectivity index (χ4n) is 2.41. The van der Waals surface area contributed by atoms with Gasteiger partial charge < -0.3 is 10.2 Å². The standard InChI is InChI=1S/C12H23F3N2.2C2H6/c1-3-4-5-8-17(2)9-11-10(6-7-16-11)12(13,14)15;2*1-2/h10-11,16H,3-9H2,1-2H3;2*1-2H3. The highest BCUT2D eigenvalue weighted by atomic mass is 19.4. The summed E-state index contributed by atoms with van der Waals surface area (Å²) in [4.78, 5) is 2.01. The third kappa shape index (κ3) is 10.1. The number of likely N-dealkylation sites (N-methyl/N-ethyl adjacent to an activating group) is 1. The molecule has 0 aromatic carbocycles. The van der Waals surface area contributed by atoms with Crippen molar-refractivity contribution in [1.29, 1.82) is 0 Å².